The molecule has 0 saturated heterocycles. The number of hydrazone groups is 1. The van der Waals surface area contributed by atoms with Crippen molar-refractivity contribution in [2.45, 2.75) is 6.92 Å². The SMILES string of the molecule is CC(=O)ONC(=NCl)NN=Cc1cccc(Cl)c1. The molecule has 2 N–H and O–H groups in total. The van der Waals surface area contributed by atoms with Crippen molar-refractivity contribution < 1.29 is 9.63 Å². The highest BCUT2D eigenvalue weighted by Crippen LogP contribution is 2.08. The summed E-state index contributed by atoms with van der Waals surface area (Å²) in [6.45, 7) is 1.23. The maximum Gasteiger partial charge on any atom is 0.329 e. The Balaban J connectivity index is 2.50. The van der Waals surface area contributed by atoms with Gasteiger partial charge < -0.3 is 4.84 Å². The first-order valence-electron chi connectivity index (χ1n) is 4.79. The van der Waals surface area contributed by atoms with E-state index in [0.29, 0.717) is 5.02 Å². The second-order valence-corrected chi connectivity index (χ2v) is 3.66. The number of hydroxylamine groups is 1. The Morgan fingerprint density at radius 3 is 2.89 bits per heavy atom. The minimum Gasteiger partial charge on any atom is -0.341 e. The van der Waals surface area contributed by atoms with Gasteiger partial charge >= 0.3 is 5.97 Å². The van der Waals surface area contributed by atoms with Crippen molar-refractivity contribution in [1.82, 2.24) is 10.9 Å². The normalized spacial score (nSPS) is 11.4. The van der Waals surface area contributed by atoms with Crippen LogP contribution in [0.1, 0.15) is 12.5 Å². The Hall–Kier alpha value is -1.79. The van der Waals surface area contributed by atoms with E-state index in [4.69, 9.17) is 23.4 Å². The lowest BCUT2D eigenvalue weighted by molar-refractivity contribution is -0.145. The highest BCUT2D eigenvalue weighted by molar-refractivity contribution is 6.30. The van der Waals surface area contributed by atoms with Gasteiger partial charge in [-0.1, -0.05) is 23.7 Å². The van der Waals surface area contributed by atoms with E-state index in [1.165, 1.54) is 13.1 Å². The number of carbonyl (C=O) groups excluding carboxylic acids is 1. The van der Waals surface area contributed by atoms with Gasteiger partial charge in [-0.15, -0.1) is 4.51 Å². The number of nitrogens with zero attached hydrogens (tertiary/aromatic N) is 2. The molecular formula is C10H10Cl2N4O2. The molecule has 6 nitrogen and oxygen atoms in total. The van der Waals surface area contributed by atoms with Crippen LogP contribution in [0.5, 0.6) is 0 Å². The summed E-state index contributed by atoms with van der Waals surface area (Å²) in [5.41, 5.74) is 5.42. The summed E-state index contributed by atoms with van der Waals surface area (Å²) in [6, 6.07) is 7.08. The number of hydrogen-bond donors (Lipinski definition) is 2. The average Bonchev–Trinajstić information content (AvgIpc) is 2.33. The molecule has 0 aliphatic rings. The fourth-order valence-electron chi connectivity index (χ4n) is 0.934. The molecular weight excluding hydrogens is 279 g/mol. The first-order chi connectivity index (χ1) is 8.61. The summed E-state index contributed by atoms with van der Waals surface area (Å²) >= 11 is 11.0. The number of nitrogens with one attached hydrogen (secondary N) is 2. The molecule has 0 aromatic heterocycles. The predicted octanol–water partition coefficient (Wildman–Crippen LogP) is 1.84. The summed E-state index contributed by atoms with van der Waals surface area (Å²) in [4.78, 5) is 15.0. The number of benzene rings is 1. The van der Waals surface area contributed by atoms with Crippen LogP contribution in [0.4, 0.5) is 0 Å². The number of hydrogen-bond acceptors (Lipinski definition) is 4. The van der Waals surface area contributed by atoms with Gasteiger partial charge in [-0.25, -0.2) is 5.43 Å². The van der Waals surface area contributed by atoms with Crippen LogP contribution in [0.15, 0.2) is 33.9 Å². The van der Waals surface area contributed by atoms with Crippen LogP contribution in [0.2, 0.25) is 5.02 Å². The van der Waals surface area contributed by atoms with E-state index in [0.717, 1.165) is 5.56 Å². The molecule has 0 atom stereocenters. The van der Waals surface area contributed by atoms with Crippen molar-refractivity contribution in [3.8, 4) is 0 Å². The standard InChI is InChI=1S/C10H10Cl2N4O2/c1-7(17)18-16-10(14-12)15-13-6-8-3-2-4-9(11)5-8/h2-6H,1H3,(H2,14,15,16). The van der Waals surface area contributed by atoms with E-state index >= 15 is 0 Å². The predicted molar refractivity (Wildman–Crippen MR) is 70.4 cm³/mol. The molecule has 0 bridgehead atoms. The zero-order valence-corrected chi connectivity index (χ0v) is 10.9. The number of carbonyl (C=O) groups is 1. The van der Waals surface area contributed by atoms with Crippen molar-refractivity contribution in [3.63, 3.8) is 0 Å². The molecule has 1 aromatic carbocycles. The molecule has 18 heavy (non-hydrogen) atoms. The molecule has 0 spiro atoms. The van der Waals surface area contributed by atoms with Crippen LogP contribution < -0.4 is 10.9 Å². The Morgan fingerprint density at radius 2 is 2.28 bits per heavy atom. The van der Waals surface area contributed by atoms with Gasteiger partial charge in [0, 0.05) is 23.7 Å². The largest absolute Gasteiger partial charge is 0.341 e. The zero-order chi connectivity index (χ0) is 13.4. The van der Waals surface area contributed by atoms with Crippen molar-refractivity contribution in [2.75, 3.05) is 0 Å². The van der Waals surface area contributed by atoms with E-state index in [-0.39, 0.29) is 5.96 Å². The van der Waals surface area contributed by atoms with Gasteiger partial charge in [-0.05, 0) is 17.7 Å². The lowest BCUT2D eigenvalue weighted by Gasteiger charge is -2.05. The topological polar surface area (TPSA) is 75.1 Å². The highest BCUT2D eigenvalue weighted by atomic mass is 35.5. The second-order valence-electron chi connectivity index (χ2n) is 3.05. The summed E-state index contributed by atoms with van der Waals surface area (Å²) < 4.78 is 3.26. The second kappa shape index (κ2) is 7.52. The number of halogens is 2. The maximum absolute atomic E-state index is 10.5. The third-order valence-corrected chi connectivity index (χ3v) is 2.01. The minimum atomic E-state index is -0.534. The van der Waals surface area contributed by atoms with Gasteiger partial charge in [-0.3, -0.25) is 4.79 Å². The van der Waals surface area contributed by atoms with Gasteiger partial charge in [0.15, 0.2) is 0 Å². The molecule has 96 valence electrons. The van der Waals surface area contributed by atoms with Crippen molar-refractivity contribution in [2.24, 2.45) is 9.61 Å². The molecule has 0 saturated carbocycles. The summed E-state index contributed by atoms with van der Waals surface area (Å²) in [5, 5.41) is 4.43. The fraction of sp³-hybridized carbons (Fsp3) is 0.100. The Bertz CT molecular complexity index is 477. The monoisotopic (exact) mass is 288 g/mol. The smallest absolute Gasteiger partial charge is 0.329 e. The first kappa shape index (κ1) is 14.3. The third-order valence-electron chi connectivity index (χ3n) is 1.61. The van der Waals surface area contributed by atoms with Crippen LogP contribution in [0.25, 0.3) is 0 Å². The molecule has 0 amide bonds. The minimum absolute atomic E-state index is 0.0230. The van der Waals surface area contributed by atoms with Crippen LogP contribution in [-0.2, 0) is 9.63 Å². The molecule has 0 aliphatic heterocycles. The van der Waals surface area contributed by atoms with E-state index in [1.807, 2.05) is 6.07 Å². The number of rotatable bonds is 2. The Morgan fingerprint density at radius 1 is 1.50 bits per heavy atom. The molecule has 0 fully saturated rings. The quantitative estimate of drug-likeness (QED) is 0.495. The van der Waals surface area contributed by atoms with E-state index in [1.54, 1.807) is 18.2 Å². The van der Waals surface area contributed by atoms with E-state index in [9.17, 15) is 4.79 Å². The Kier molecular flexibility index (Phi) is 5.96. The number of guanidine groups is 1. The van der Waals surface area contributed by atoms with Gasteiger partial charge in [0.25, 0.3) is 5.96 Å². The molecule has 0 unspecified atom stereocenters. The molecule has 0 aliphatic carbocycles. The summed E-state index contributed by atoms with van der Waals surface area (Å²) in [6.07, 6.45) is 1.50. The van der Waals surface area contributed by atoms with Crippen LogP contribution in [-0.4, -0.2) is 18.1 Å². The van der Waals surface area contributed by atoms with Crippen LogP contribution in [0, 0.1) is 0 Å². The van der Waals surface area contributed by atoms with Crippen LogP contribution in [0.3, 0.4) is 0 Å². The van der Waals surface area contributed by atoms with Gasteiger partial charge in [0.1, 0.15) is 0 Å². The fourth-order valence-corrected chi connectivity index (χ4v) is 1.21. The van der Waals surface area contributed by atoms with Crippen molar-refractivity contribution in [1.29, 1.82) is 0 Å². The summed E-state index contributed by atoms with van der Waals surface area (Å²) in [5.74, 6) is -0.557. The lowest BCUT2D eigenvalue weighted by Crippen LogP contribution is -2.35. The van der Waals surface area contributed by atoms with Crippen LogP contribution >= 0.6 is 23.4 Å². The molecule has 1 rings (SSSR count). The first-order valence-corrected chi connectivity index (χ1v) is 5.50. The van der Waals surface area contributed by atoms with Gasteiger partial charge in [0.2, 0.25) is 0 Å². The average molecular weight is 289 g/mol. The van der Waals surface area contributed by atoms with Gasteiger partial charge in [-0.2, -0.15) is 10.6 Å². The highest BCUT2D eigenvalue weighted by Gasteiger charge is 1.98. The molecule has 1 aromatic rings. The van der Waals surface area contributed by atoms with E-state index in [2.05, 4.69) is 25.4 Å². The molecule has 0 radical (unpaired) electrons. The third kappa shape index (κ3) is 5.51. The maximum atomic E-state index is 10.5. The van der Waals surface area contributed by atoms with Crippen molar-refractivity contribution >= 4 is 41.5 Å². The summed E-state index contributed by atoms with van der Waals surface area (Å²) in [7, 11) is 0. The van der Waals surface area contributed by atoms with Gasteiger partial charge in [0.05, 0.1) is 6.21 Å². The van der Waals surface area contributed by atoms with E-state index < -0.39 is 5.97 Å². The zero-order valence-electron chi connectivity index (χ0n) is 9.35. The molecule has 0 heterocycles. The lowest BCUT2D eigenvalue weighted by atomic mass is 10.2. The molecule has 8 heteroatoms. The van der Waals surface area contributed by atoms with Crippen molar-refractivity contribution in [3.05, 3.63) is 34.9 Å². The Labute approximate surface area is 114 Å².